The summed E-state index contributed by atoms with van der Waals surface area (Å²) in [5, 5.41) is 2.78. The predicted octanol–water partition coefficient (Wildman–Crippen LogP) is 2.13. The van der Waals surface area contributed by atoms with E-state index in [9.17, 15) is 18.0 Å². The number of nitrogens with one attached hydrogen (secondary N) is 1. The molecule has 0 saturated heterocycles. The molecule has 0 fully saturated rings. The topological polar surface area (TPSA) is 99.1 Å². The van der Waals surface area contributed by atoms with Gasteiger partial charge in [0, 0.05) is 0 Å². The minimum atomic E-state index is -4.55. The van der Waals surface area contributed by atoms with Gasteiger partial charge in [0.2, 0.25) is 0 Å². The third kappa shape index (κ3) is 5.04. The summed E-state index contributed by atoms with van der Waals surface area (Å²) in [4.78, 5) is 26.8. The van der Waals surface area contributed by atoms with Crippen LogP contribution in [0.15, 0.2) is 24.9 Å². The van der Waals surface area contributed by atoms with Crippen LogP contribution in [0, 0.1) is 0 Å². The molecule has 2 aromatic heterocycles. The second kappa shape index (κ2) is 7.53. The molecule has 2 aromatic rings. The highest BCUT2D eigenvalue weighted by atomic mass is 19.4. The molecule has 2 rings (SSSR count). The van der Waals surface area contributed by atoms with Crippen molar-refractivity contribution in [1.82, 2.24) is 19.9 Å². The number of aromatic nitrogens is 4. The van der Waals surface area contributed by atoms with E-state index in [0.717, 1.165) is 6.20 Å². The molecule has 0 aliphatic carbocycles. The third-order valence-corrected chi connectivity index (χ3v) is 2.44. The van der Waals surface area contributed by atoms with Crippen LogP contribution in [0.1, 0.15) is 17.4 Å². The molecule has 2 heterocycles. The van der Waals surface area contributed by atoms with E-state index in [-0.39, 0.29) is 18.0 Å². The largest absolute Gasteiger partial charge is 0.461 e. The van der Waals surface area contributed by atoms with Crippen molar-refractivity contribution in [3.63, 3.8) is 0 Å². The molecule has 11 heteroatoms. The zero-order valence-electron chi connectivity index (χ0n) is 12.4. The molecule has 0 amide bonds. The van der Waals surface area contributed by atoms with Crippen molar-refractivity contribution >= 4 is 17.3 Å². The van der Waals surface area contributed by atoms with Gasteiger partial charge in [-0.3, -0.25) is 0 Å². The van der Waals surface area contributed by atoms with Gasteiger partial charge in [-0.05, 0) is 6.92 Å². The van der Waals surface area contributed by atoms with Crippen LogP contribution in [-0.2, 0) is 4.74 Å². The number of esters is 1. The van der Waals surface area contributed by atoms with Gasteiger partial charge in [-0.2, -0.15) is 18.2 Å². The van der Waals surface area contributed by atoms with E-state index in [1.807, 2.05) is 0 Å². The van der Waals surface area contributed by atoms with Gasteiger partial charge in [0.05, 0.1) is 36.6 Å². The first kappa shape index (κ1) is 17.4. The molecule has 1 N–H and O–H groups in total. The van der Waals surface area contributed by atoms with Crippen molar-refractivity contribution in [3.8, 4) is 6.01 Å². The Morgan fingerprint density at radius 2 is 1.96 bits per heavy atom. The summed E-state index contributed by atoms with van der Waals surface area (Å²) in [6.07, 6.45) is 0.720. The van der Waals surface area contributed by atoms with Crippen molar-refractivity contribution < 1.29 is 27.4 Å². The molecule has 0 aromatic carbocycles. The number of ether oxygens (including phenoxy) is 2. The van der Waals surface area contributed by atoms with Crippen molar-refractivity contribution in [2.24, 2.45) is 0 Å². The Bertz CT molecular complexity index is 697. The smallest absolute Gasteiger partial charge is 0.422 e. The standard InChI is InChI=1S/C13H12F3N5O3/c1-2-23-11(22)10-9(20-8-3-17-7-18-4-8)5-19-12(21-10)24-6-13(14,15)16/h3-5,7,20H,2,6H2,1H3. The Balaban J connectivity index is 2.27. The minimum absolute atomic E-state index is 0.0649. The van der Waals surface area contributed by atoms with Gasteiger partial charge in [0.1, 0.15) is 6.33 Å². The maximum absolute atomic E-state index is 12.2. The molecule has 0 aliphatic heterocycles. The normalized spacial score (nSPS) is 11.0. The summed E-state index contributed by atoms with van der Waals surface area (Å²) in [6.45, 7) is 0.0717. The lowest BCUT2D eigenvalue weighted by atomic mass is 10.3. The van der Waals surface area contributed by atoms with Crippen molar-refractivity contribution in [3.05, 3.63) is 30.6 Å². The fourth-order valence-corrected chi connectivity index (χ4v) is 1.55. The fraction of sp³-hybridized carbons (Fsp3) is 0.308. The number of hydrogen-bond donors (Lipinski definition) is 1. The van der Waals surface area contributed by atoms with Crippen LogP contribution >= 0.6 is 0 Å². The van der Waals surface area contributed by atoms with Crippen LogP contribution in [0.25, 0.3) is 0 Å². The highest BCUT2D eigenvalue weighted by molar-refractivity contribution is 5.94. The minimum Gasteiger partial charge on any atom is -0.461 e. The SMILES string of the molecule is CCOC(=O)c1nc(OCC(F)(F)F)ncc1Nc1cncnc1. The highest BCUT2D eigenvalue weighted by Crippen LogP contribution is 2.22. The molecular weight excluding hydrogens is 331 g/mol. The number of rotatable bonds is 6. The van der Waals surface area contributed by atoms with Gasteiger partial charge in [0.25, 0.3) is 0 Å². The monoisotopic (exact) mass is 343 g/mol. The van der Waals surface area contributed by atoms with Gasteiger partial charge in [-0.1, -0.05) is 0 Å². The Morgan fingerprint density at radius 3 is 2.58 bits per heavy atom. The molecule has 0 unspecified atom stereocenters. The van der Waals surface area contributed by atoms with Crippen LogP contribution in [-0.4, -0.2) is 45.3 Å². The maximum Gasteiger partial charge on any atom is 0.422 e. The zero-order valence-corrected chi connectivity index (χ0v) is 12.4. The number of anilines is 2. The van der Waals surface area contributed by atoms with Gasteiger partial charge in [0.15, 0.2) is 12.3 Å². The number of carbonyl (C=O) groups excluding carboxylic acids is 1. The van der Waals surface area contributed by atoms with Crippen molar-refractivity contribution in [2.75, 3.05) is 18.5 Å². The van der Waals surface area contributed by atoms with Gasteiger partial charge in [-0.25, -0.2) is 19.7 Å². The summed E-state index contributed by atoms with van der Waals surface area (Å²) in [5.41, 5.74) is 0.270. The Kier molecular flexibility index (Phi) is 5.45. The summed E-state index contributed by atoms with van der Waals surface area (Å²) in [7, 11) is 0. The third-order valence-electron chi connectivity index (χ3n) is 2.44. The first-order chi connectivity index (χ1) is 11.4. The number of carbonyl (C=O) groups is 1. The average molecular weight is 343 g/mol. The Morgan fingerprint density at radius 1 is 1.25 bits per heavy atom. The lowest BCUT2D eigenvalue weighted by Crippen LogP contribution is -2.21. The van der Waals surface area contributed by atoms with E-state index in [1.165, 1.54) is 18.7 Å². The summed E-state index contributed by atoms with van der Waals surface area (Å²) in [5.74, 6) is -0.837. The molecule has 0 spiro atoms. The van der Waals surface area contributed by atoms with E-state index in [0.29, 0.717) is 5.69 Å². The second-order valence-electron chi connectivity index (χ2n) is 4.29. The lowest BCUT2D eigenvalue weighted by Gasteiger charge is -2.12. The highest BCUT2D eigenvalue weighted by Gasteiger charge is 2.29. The van der Waals surface area contributed by atoms with Gasteiger partial charge < -0.3 is 14.8 Å². The molecule has 8 nitrogen and oxygen atoms in total. The first-order valence-corrected chi connectivity index (χ1v) is 6.65. The van der Waals surface area contributed by atoms with Crippen LogP contribution in [0.3, 0.4) is 0 Å². The number of hydrogen-bond acceptors (Lipinski definition) is 8. The quantitative estimate of drug-likeness (QED) is 0.797. The number of nitrogens with zero attached hydrogens (tertiary/aromatic N) is 4. The Labute approximate surface area is 134 Å². The van der Waals surface area contributed by atoms with E-state index in [4.69, 9.17) is 4.74 Å². The first-order valence-electron chi connectivity index (χ1n) is 6.65. The van der Waals surface area contributed by atoms with E-state index in [2.05, 4.69) is 30.0 Å². The zero-order chi connectivity index (χ0) is 17.6. The van der Waals surface area contributed by atoms with Crippen LogP contribution < -0.4 is 10.1 Å². The van der Waals surface area contributed by atoms with Crippen LogP contribution in [0.5, 0.6) is 6.01 Å². The molecule has 0 aliphatic rings. The summed E-state index contributed by atoms with van der Waals surface area (Å²) >= 11 is 0. The molecule has 0 atom stereocenters. The van der Waals surface area contributed by atoms with Crippen LogP contribution in [0.4, 0.5) is 24.5 Å². The van der Waals surface area contributed by atoms with Crippen molar-refractivity contribution in [2.45, 2.75) is 13.1 Å². The van der Waals surface area contributed by atoms with Crippen LogP contribution in [0.2, 0.25) is 0 Å². The summed E-state index contributed by atoms with van der Waals surface area (Å²) in [6, 6.07) is -0.592. The van der Waals surface area contributed by atoms with E-state index in [1.54, 1.807) is 6.92 Å². The van der Waals surface area contributed by atoms with Gasteiger partial charge in [-0.15, -0.1) is 0 Å². The predicted molar refractivity (Wildman–Crippen MR) is 74.9 cm³/mol. The average Bonchev–Trinajstić information content (AvgIpc) is 2.54. The van der Waals surface area contributed by atoms with E-state index < -0.39 is 24.8 Å². The van der Waals surface area contributed by atoms with Gasteiger partial charge >= 0.3 is 18.2 Å². The molecule has 0 bridgehead atoms. The molecule has 24 heavy (non-hydrogen) atoms. The van der Waals surface area contributed by atoms with E-state index >= 15 is 0 Å². The lowest BCUT2D eigenvalue weighted by molar-refractivity contribution is -0.154. The van der Waals surface area contributed by atoms with Crippen molar-refractivity contribution in [1.29, 1.82) is 0 Å². The molecule has 0 saturated carbocycles. The fourth-order valence-electron chi connectivity index (χ4n) is 1.55. The Hall–Kier alpha value is -2.98. The molecule has 128 valence electrons. The second-order valence-corrected chi connectivity index (χ2v) is 4.29. The number of halogens is 3. The number of alkyl halides is 3. The summed E-state index contributed by atoms with van der Waals surface area (Å²) < 4.78 is 45.8. The molecule has 0 radical (unpaired) electrons. The molecular formula is C13H12F3N5O3. The maximum atomic E-state index is 12.2.